The fourth-order valence-corrected chi connectivity index (χ4v) is 3.02. The van der Waals surface area contributed by atoms with E-state index in [-0.39, 0.29) is 0 Å². The van der Waals surface area contributed by atoms with E-state index >= 15 is 0 Å². The van der Waals surface area contributed by atoms with Crippen LogP contribution < -0.4 is 0 Å². The van der Waals surface area contributed by atoms with Crippen LogP contribution in [-0.4, -0.2) is 16.8 Å². The standard InChI is InChI=1S/C27H48O6/c1-22(2,3)28-31-25(10,11)19-17-16-18-20(26(12,13)32-29-23(4,5)6)21(19)27(14,15)33-30-24(7,8)9/h16-18H,1-15H3. The molecule has 192 valence electrons. The van der Waals surface area contributed by atoms with Gasteiger partial charge in [0.05, 0.1) is 16.8 Å². The molecule has 0 unspecified atom stereocenters. The van der Waals surface area contributed by atoms with Gasteiger partial charge in [-0.15, -0.1) is 0 Å². The van der Waals surface area contributed by atoms with Gasteiger partial charge in [0, 0.05) is 0 Å². The Labute approximate surface area is 202 Å². The third-order valence-electron chi connectivity index (χ3n) is 4.46. The Balaban J connectivity index is 3.65. The van der Waals surface area contributed by atoms with Crippen molar-refractivity contribution in [2.45, 2.75) is 137 Å². The SMILES string of the molecule is CC(C)(C)OOC(C)(C)c1cccc(C(C)(C)OOC(C)(C)C)c1C(C)(C)OOC(C)(C)C. The fourth-order valence-electron chi connectivity index (χ4n) is 3.02. The maximum Gasteiger partial charge on any atom is 0.124 e. The summed E-state index contributed by atoms with van der Waals surface area (Å²) < 4.78 is 0. The Bertz CT molecular complexity index is 725. The number of rotatable bonds is 9. The Hall–Kier alpha value is -1.02. The molecule has 0 saturated carbocycles. The summed E-state index contributed by atoms with van der Waals surface area (Å²) in [5, 5.41) is 0. The summed E-state index contributed by atoms with van der Waals surface area (Å²) in [5.74, 6) is 0. The predicted molar refractivity (Wildman–Crippen MR) is 131 cm³/mol. The largest absolute Gasteiger partial charge is 0.230 e. The molecule has 1 aromatic carbocycles. The van der Waals surface area contributed by atoms with Gasteiger partial charge in [0.25, 0.3) is 0 Å². The van der Waals surface area contributed by atoms with Gasteiger partial charge >= 0.3 is 0 Å². The summed E-state index contributed by atoms with van der Waals surface area (Å²) in [6, 6.07) is 6.03. The highest BCUT2D eigenvalue weighted by molar-refractivity contribution is 5.44. The number of benzene rings is 1. The van der Waals surface area contributed by atoms with Crippen LogP contribution in [0, 0.1) is 0 Å². The van der Waals surface area contributed by atoms with Crippen molar-refractivity contribution in [3.8, 4) is 0 Å². The van der Waals surface area contributed by atoms with E-state index in [1.165, 1.54) is 0 Å². The summed E-state index contributed by atoms with van der Waals surface area (Å²) in [6.45, 7) is 29.4. The lowest BCUT2D eigenvalue weighted by Gasteiger charge is -2.39. The first kappa shape index (κ1) is 30.0. The molecule has 0 aliphatic rings. The van der Waals surface area contributed by atoms with E-state index in [1.807, 2.05) is 122 Å². The average molecular weight is 469 g/mol. The van der Waals surface area contributed by atoms with Gasteiger partial charge < -0.3 is 0 Å². The molecule has 1 aromatic rings. The Morgan fingerprint density at radius 2 is 0.667 bits per heavy atom. The second-order valence-corrected chi connectivity index (χ2v) is 13.1. The molecule has 0 amide bonds. The minimum absolute atomic E-state index is 0.459. The van der Waals surface area contributed by atoms with Crippen molar-refractivity contribution in [3.63, 3.8) is 0 Å². The molecular weight excluding hydrogens is 420 g/mol. The predicted octanol–water partition coefficient (Wildman–Crippen LogP) is 7.63. The Morgan fingerprint density at radius 1 is 0.394 bits per heavy atom. The average Bonchev–Trinajstić information content (AvgIpc) is 2.61. The van der Waals surface area contributed by atoms with Crippen molar-refractivity contribution < 1.29 is 29.3 Å². The van der Waals surface area contributed by atoms with Crippen LogP contribution in [0.2, 0.25) is 0 Å². The van der Waals surface area contributed by atoms with E-state index in [0.29, 0.717) is 0 Å². The van der Waals surface area contributed by atoms with Crippen molar-refractivity contribution in [3.05, 3.63) is 34.9 Å². The smallest absolute Gasteiger partial charge is 0.124 e. The molecular formula is C27H48O6. The fraction of sp³-hybridized carbons (Fsp3) is 0.778. The van der Waals surface area contributed by atoms with Gasteiger partial charge in [-0.1, -0.05) is 18.2 Å². The van der Waals surface area contributed by atoms with Crippen molar-refractivity contribution in [1.82, 2.24) is 0 Å². The second-order valence-electron chi connectivity index (χ2n) is 13.1. The quantitative estimate of drug-likeness (QED) is 0.274. The van der Waals surface area contributed by atoms with E-state index < -0.39 is 33.6 Å². The monoisotopic (exact) mass is 468 g/mol. The first-order valence-corrected chi connectivity index (χ1v) is 11.7. The van der Waals surface area contributed by atoms with Gasteiger partial charge in [-0.25, -0.2) is 29.3 Å². The van der Waals surface area contributed by atoms with Crippen LogP contribution >= 0.6 is 0 Å². The molecule has 0 aliphatic heterocycles. The molecule has 0 radical (unpaired) electrons. The Kier molecular flexibility index (Phi) is 9.02. The van der Waals surface area contributed by atoms with Crippen LogP contribution in [0.5, 0.6) is 0 Å². The number of hydrogen-bond donors (Lipinski definition) is 0. The molecule has 0 aliphatic carbocycles. The lowest BCUT2D eigenvalue weighted by atomic mass is 9.78. The lowest BCUT2D eigenvalue weighted by Crippen LogP contribution is -2.38. The van der Waals surface area contributed by atoms with E-state index in [9.17, 15) is 0 Å². The molecule has 0 saturated heterocycles. The highest BCUT2D eigenvalue weighted by Gasteiger charge is 2.41. The van der Waals surface area contributed by atoms with Crippen LogP contribution in [0.3, 0.4) is 0 Å². The third kappa shape index (κ3) is 9.63. The molecule has 33 heavy (non-hydrogen) atoms. The molecule has 0 spiro atoms. The summed E-state index contributed by atoms with van der Waals surface area (Å²) in [5.41, 5.74) is -1.13. The number of hydrogen-bond acceptors (Lipinski definition) is 6. The first-order chi connectivity index (χ1) is 14.5. The molecule has 0 heterocycles. The molecule has 1 rings (SSSR count). The molecule has 0 atom stereocenters. The van der Waals surface area contributed by atoms with E-state index in [2.05, 4.69) is 0 Å². The van der Waals surface area contributed by atoms with Crippen LogP contribution in [0.4, 0.5) is 0 Å². The van der Waals surface area contributed by atoms with Gasteiger partial charge in [0.1, 0.15) is 16.8 Å². The van der Waals surface area contributed by atoms with Crippen LogP contribution in [0.25, 0.3) is 0 Å². The van der Waals surface area contributed by atoms with Crippen molar-refractivity contribution >= 4 is 0 Å². The minimum Gasteiger partial charge on any atom is -0.230 e. The molecule has 0 bridgehead atoms. The van der Waals surface area contributed by atoms with Crippen LogP contribution in [0.1, 0.15) is 121 Å². The normalized spacial score (nSPS) is 14.6. The highest BCUT2D eigenvalue weighted by Crippen LogP contribution is 2.43. The van der Waals surface area contributed by atoms with Crippen LogP contribution in [-0.2, 0) is 46.1 Å². The van der Waals surface area contributed by atoms with Gasteiger partial charge in [-0.3, -0.25) is 0 Å². The summed E-state index contributed by atoms with van der Waals surface area (Å²) in [4.78, 5) is 35.2. The Morgan fingerprint density at radius 3 is 0.939 bits per heavy atom. The van der Waals surface area contributed by atoms with Crippen molar-refractivity contribution in [2.24, 2.45) is 0 Å². The maximum atomic E-state index is 6.05. The zero-order chi connectivity index (χ0) is 26.1. The van der Waals surface area contributed by atoms with E-state index in [4.69, 9.17) is 29.3 Å². The van der Waals surface area contributed by atoms with Gasteiger partial charge in [0.2, 0.25) is 0 Å². The highest BCUT2D eigenvalue weighted by atomic mass is 17.2. The maximum absolute atomic E-state index is 6.05. The first-order valence-electron chi connectivity index (χ1n) is 11.7. The lowest BCUT2D eigenvalue weighted by molar-refractivity contribution is -0.411. The molecule has 0 aromatic heterocycles. The van der Waals surface area contributed by atoms with Gasteiger partial charge in [-0.2, -0.15) is 0 Å². The van der Waals surface area contributed by atoms with E-state index in [0.717, 1.165) is 16.7 Å². The van der Waals surface area contributed by atoms with Crippen molar-refractivity contribution in [2.75, 3.05) is 0 Å². The molecule has 0 fully saturated rings. The van der Waals surface area contributed by atoms with Crippen LogP contribution in [0.15, 0.2) is 18.2 Å². The molecule has 6 nitrogen and oxygen atoms in total. The summed E-state index contributed by atoms with van der Waals surface area (Å²) in [6.07, 6.45) is 0. The minimum atomic E-state index is -0.843. The third-order valence-corrected chi connectivity index (χ3v) is 4.46. The molecule has 6 heteroatoms. The zero-order valence-corrected chi connectivity index (χ0v) is 23.7. The summed E-state index contributed by atoms with van der Waals surface area (Å²) >= 11 is 0. The van der Waals surface area contributed by atoms with E-state index in [1.54, 1.807) is 0 Å². The topological polar surface area (TPSA) is 55.4 Å². The molecule has 0 N–H and O–H groups in total. The summed E-state index contributed by atoms with van der Waals surface area (Å²) in [7, 11) is 0. The zero-order valence-electron chi connectivity index (χ0n) is 23.7. The van der Waals surface area contributed by atoms with Gasteiger partial charge in [-0.05, 0) is 121 Å². The van der Waals surface area contributed by atoms with Crippen molar-refractivity contribution in [1.29, 1.82) is 0 Å². The second kappa shape index (κ2) is 9.92. The van der Waals surface area contributed by atoms with Gasteiger partial charge in [0.15, 0.2) is 0 Å².